The smallest absolute Gasteiger partial charge is 0.341 e. The first-order chi connectivity index (χ1) is 11.5. The van der Waals surface area contributed by atoms with Gasteiger partial charge in [0.1, 0.15) is 0 Å². The zero-order valence-corrected chi connectivity index (χ0v) is 13.2. The molecule has 9 heteroatoms. The van der Waals surface area contributed by atoms with Crippen LogP contribution in [0.5, 0.6) is 0 Å². The summed E-state index contributed by atoms with van der Waals surface area (Å²) in [5.41, 5.74) is 0.364. The number of hydrogen-bond donors (Lipinski definition) is 1. The number of hydrazine groups is 1. The van der Waals surface area contributed by atoms with Crippen LogP contribution in [0.2, 0.25) is 0 Å². The Hall–Kier alpha value is -2.84. The highest BCUT2D eigenvalue weighted by Gasteiger charge is 2.28. The molecule has 0 saturated carbocycles. The molecule has 1 heterocycles. The van der Waals surface area contributed by atoms with Crippen molar-refractivity contribution in [3.63, 3.8) is 0 Å². The van der Waals surface area contributed by atoms with Gasteiger partial charge < -0.3 is 15.1 Å². The zero-order valence-electron chi connectivity index (χ0n) is 13.2. The van der Waals surface area contributed by atoms with Crippen LogP contribution in [-0.4, -0.2) is 46.4 Å². The molecule has 0 aliphatic carbocycles. The third kappa shape index (κ3) is 4.83. The lowest BCUT2D eigenvalue weighted by Crippen LogP contribution is -2.40. The van der Waals surface area contributed by atoms with Crippen LogP contribution < -0.4 is 0 Å². The molecular formula is C15H19N3O6. The summed E-state index contributed by atoms with van der Waals surface area (Å²) in [7, 11) is 0. The summed E-state index contributed by atoms with van der Waals surface area (Å²) >= 11 is 0. The van der Waals surface area contributed by atoms with Gasteiger partial charge >= 0.3 is 11.9 Å². The third-order valence-electron chi connectivity index (χ3n) is 3.61. The fraction of sp³-hybridized carbons (Fsp3) is 0.467. The average Bonchev–Trinajstić information content (AvgIpc) is 2.60. The van der Waals surface area contributed by atoms with E-state index in [-0.39, 0.29) is 18.1 Å². The van der Waals surface area contributed by atoms with Crippen molar-refractivity contribution in [2.75, 3.05) is 13.1 Å². The number of carbonyl (C=O) groups is 2. The van der Waals surface area contributed by atoms with Gasteiger partial charge in [0, 0.05) is 6.92 Å². The molecule has 1 aromatic rings. The van der Waals surface area contributed by atoms with Crippen molar-refractivity contribution in [3.05, 3.63) is 41.1 Å². The summed E-state index contributed by atoms with van der Waals surface area (Å²) in [6.45, 7) is 1.98. The molecule has 0 spiro atoms. The van der Waals surface area contributed by atoms with E-state index >= 15 is 0 Å². The van der Waals surface area contributed by atoms with Crippen LogP contribution in [0.1, 0.15) is 30.1 Å². The number of carboxylic acids is 1. The molecule has 1 atom stereocenters. The number of hydrogen-bond acceptors (Lipinski definition) is 6. The summed E-state index contributed by atoms with van der Waals surface area (Å²) in [5, 5.41) is 25.4. The fourth-order valence-electron chi connectivity index (χ4n) is 2.26. The molecule has 1 aromatic carbocycles. The molecule has 0 radical (unpaired) electrons. The predicted octanol–water partition coefficient (Wildman–Crippen LogP) is 1.80. The lowest BCUT2D eigenvalue weighted by Gasteiger charge is -2.25. The highest BCUT2D eigenvalue weighted by Crippen LogP contribution is 2.17. The molecule has 1 aliphatic rings. The van der Waals surface area contributed by atoms with E-state index in [1.807, 2.05) is 0 Å². The first-order valence-corrected chi connectivity index (χ1v) is 7.55. The van der Waals surface area contributed by atoms with Crippen LogP contribution in [0, 0.1) is 11.1 Å². The quantitative estimate of drug-likeness (QED) is 0.277. The van der Waals surface area contributed by atoms with Crippen LogP contribution in [-0.2, 0) is 14.4 Å². The van der Waals surface area contributed by atoms with E-state index in [0.29, 0.717) is 18.4 Å². The van der Waals surface area contributed by atoms with Crippen LogP contribution in [0.15, 0.2) is 35.6 Å². The number of ether oxygens (including phenoxy) is 1. The molecule has 1 N–H and O–H groups in total. The van der Waals surface area contributed by atoms with Crippen molar-refractivity contribution >= 4 is 11.9 Å². The normalized spacial score (nSPS) is 17.2. The van der Waals surface area contributed by atoms with E-state index in [0.717, 1.165) is 0 Å². The Morgan fingerprint density at radius 2 is 1.96 bits per heavy atom. The molecule has 24 heavy (non-hydrogen) atoms. The molecule has 1 saturated heterocycles. The number of carboxylic acid groups (broad SMARTS) is 1. The molecule has 130 valence electrons. The number of nitrogens with zero attached hydrogens (tertiary/aromatic N) is 3. The Bertz CT molecular complexity index is 598. The minimum atomic E-state index is -1.04. The van der Waals surface area contributed by atoms with E-state index in [4.69, 9.17) is 14.7 Å². The fourth-order valence-corrected chi connectivity index (χ4v) is 2.26. The zero-order chi connectivity index (χ0) is 17.5. The largest absolute Gasteiger partial charge is 0.569 e. The number of piperidine rings is 1. The minimum absolute atomic E-state index is 0.255. The Balaban J connectivity index is 1.80. The lowest BCUT2D eigenvalue weighted by atomic mass is 9.98. The van der Waals surface area contributed by atoms with Crippen LogP contribution in [0.3, 0.4) is 0 Å². The van der Waals surface area contributed by atoms with Gasteiger partial charge in [-0.05, 0) is 25.0 Å². The molecular weight excluding hydrogens is 318 g/mol. The third-order valence-corrected chi connectivity index (χ3v) is 3.61. The summed E-state index contributed by atoms with van der Waals surface area (Å²) in [6.07, 6.45) is -0.310. The average molecular weight is 337 g/mol. The SMILES string of the molecule is CC(ON=[N+]([O-])N1CCC(C(=O)O)CC1)OC(=O)c1ccccc1. The molecule has 1 aliphatic heterocycles. The van der Waals surface area contributed by atoms with Crippen molar-refractivity contribution < 1.29 is 29.2 Å². The maximum absolute atomic E-state index is 11.8. The molecule has 2 rings (SSSR count). The molecule has 0 aromatic heterocycles. The Labute approximate surface area is 138 Å². The van der Waals surface area contributed by atoms with Crippen molar-refractivity contribution in [1.82, 2.24) is 5.01 Å². The maximum atomic E-state index is 11.8. The second-order valence-electron chi connectivity index (χ2n) is 5.34. The van der Waals surface area contributed by atoms with Gasteiger partial charge in [-0.25, -0.2) is 4.79 Å². The van der Waals surface area contributed by atoms with Crippen molar-refractivity contribution in [1.29, 1.82) is 0 Å². The van der Waals surface area contributed by atoms with Gasteiger partial charge in [-0.2, -0.15) is 0 Å². The second-order valence-corrected chi connectivity index (χ2v) is 5.34. The Morgan fingerprint density at radius 3 is 2.54 bits per heavy atom. The van der Waals surface area contributed by atoms with Crippen molar-refractivity contribution in [3.8, 4) is 0 Å². The van der Waals surface area contributed by atoms with Crippen molar-refractivity contribution in [2.45, 2.75) is 26.1 Å². The number of carbonyl (C=O) groups excluding carboxylic acids is 1. The Kier molecular flexibility index (Phi) is 5.94. The lowest BCUT2D eigenvalue weighted by molar-refractivity contribution is -0.715. The van der Waals surface area contributed by atoms with Crippen molar-refractivity contribution in [2.24, 2.45) is 11.2 Å². The van der Waals surface area contributed by atoms with E-state index in [9.17, 15) is 14.8 Å². The van der Waals surface area contributed by atoms with Gasteiger partial charge in [0.05, 0.1) is 29.5 Å². The van der Waals surface area contributed by atoms with Gasteiger partial charge in [-0.3, -0.25) is 9.63 Å². The molecule has 1 unspecified atom stereocenters. The summed E-state index contributed by atoms with van der Waals surface area (Å²) in [6, 6.07) is 8.37. The number of esters is 1. The number of rotatable bonds is 6. The standard InChI is InChI=1S/C15H19N3O6/c1-11(23-15(21)13-5-3-2-4-6-13)24-16-18(22)17-9-7-12(8-10-17)14(19)20/h2-6,11-12H,7-10H2,1H3,(H,19,20). The van der Waals surface area contributed by atoms with E-state index in [1.54, 1.807) is 30.3 Å². The molecule has 1 fully saturated rings. The highest BCUT2D eigenvalue weighted by molar-refractivity contribution is 5.89. The topological polar surface area (TPSA) is 114 Å². The van der Waals surface area contributed by atoms with E-state index < -0.39 is 24.1 Å². The monoisotopic (exact) mass is 337 g/mol. The van der Waals surface area contributed by atoms with Gasteiger partial charge in [0.2, 0.25) is 5.28 Å². The van der Waals surface area contributed by atoms with Gasteiger partial charge in [0.25, 0.3) is 6.29 Å². The number of benzene rings is 1. The maximum Gasteiger partial charge on any atom is 0.341 e. The minimum Gasteiger partial charge on any atom is -0.569 e. The second kappa shape index (κ2) is 8.14. The summed E-state index contributed by atoms with van der Waals surface area (Å²) < 4.78 is 5.01. The van der Waals surface area contributed by atoms with Crippen LogP contribution >= 0.6 is 0 Å². The Morgan fingerprint density at radius 1 is 1.33 bits per heavy atom. The van der Waals surface area contributed by atoms with Gasteiger partial charge in [-0.1, -0.05) is 18.2 Å². The first kappa shape index (κ1) is 17.5. The highest BCUT2D eigenvalue weighted by atomic mass is 16.8. The predicted molar refractivity (Wildman–Crippen MR) is 80.4 cm³/mol. The number of aliphatic carboxylic acids is 1. The van der Waals surface area contributed by atoms with Gasteiger partial charge in [-0.15, -0.1) is 5.01 Å². The van der Waals surface area contributed by atoms with Gasteiger partial charge in [0.15, 0.2) is 0 Å². The first-order valence-electron chi connectivity index (χ1n) is 7.55. The van der Waals surface area contributed by atoms with Crippen LogP contribution in [0.4, 0.5) is 0 Å². The van der Waals surface area contributed by atoms with E-state index in [2.05, 4.69) is 5.28 Å². The summed E-state index contributed by atoms with van der Waals surface area (Å²) in [4.78, 5) is 27.8. The van der Waals surface area contributed by atoms with Crippen LogP contribution in [0.25, 0.3) is 0 Å². The summed E-state index contributed by atoms with van der Waals surface area (Å²) in [5.74, 6) is -1.89. The molecule has 9 nitrogen and oxygen atoms in total. The van der Waals surface area contributed by atoms with E-state index in [1.165, 1.54) is 11.9 Å². The molecule has 0 bridgehead atoms. The molecule has 0 amide bonds.